The first-order valence-corrected chi connectivity index (χ1v) is 10.8. The average Bonchev–Trinajstić information content (AvgIpc) is 2.99. The van der Waals surface area contributed by atoms with Crippen LogP contribution >= 0.6 is 27.7 Å². The molecule has 0 unspecified atom stereocenters. The van der Waals surface area contributed by atoms with E-state index in [4.69, 9.17) is 9.47 Å². The second kappa shape index (κ2) is 9.88. The van der Waals surface area contributed by atoms with Crippen LogP contribution in [-0.4, -0.2) is 47.3 Å². The van der Waals surface area contributed by atoms with Crippen molar-refractivity contribution in [2.24, 2.45) is 0 Å². The van der Waals surface area contributed by atoms with Crippen molar-refractivity contribution in [2.45, 2.75) is 6.92 Å². The van der Waals surface area contributed by atoms with Gasteiger partial charge in [-0.25, -0.2) is 0 Å². The molecule has 2 N–H and O–H groups in total. The molecule has 0 atom stereocenters. The number of rotatable bonds is 7. The van der Waals surface area contributed by atoms with Gasteiger partial charge in [-0.3, -0.25) is 19.3 Å². The molecule has 0 radical (unpaired) electrons. The van der Waals surface area contributed by atoms with Gasteiger partial charge in [-0.05, 0) is 82.7 Å². The molecule has 2 aromatic rings. The van der Waals surface area contributed by atoms with Crippen molar-refractivity contribution in [2.75, 3.05) is 25.6 Å². The Morgan fingerprint density at radius 3 is 2.61 bits per heavy atom. The zero-order valence-electron chi connectivity index (χ0n) is 16.7. The summed E-state index contributed by atoms with van der Waals surface area (Å²) in [5.41, 5.74) is 1.07. The van der Waals surface area contributed by atoms with Crippen molar-refractivity contribution in [3.8, 4) is 17.2 Å². The number of carbonyl (C=O) groups is 3. The molecule has 1 aliphatic rings. The van der Waals surface area contributed by atoms with Gasteiger partial charge in [0.2, 0.25) is 5.91 Å². The van der Waals surface area contributed by atoms with Crippen molar-refractivity contribution < 1.29 is 29.0 Å². The van der Waals surface area contributed by atoms with Gasteiger partial charge < -0.3 is 19.9 Å². The number of methoxy groups -OCH3 is 1. The minimum Gasteiger partial charge on any atom is -0.503 e. The molecule has 2 aromatic carbocycles. The first-order valence-electron chi connectivity index (χ1n) is 9.17. The standard InChI is InChI=1S/C21H19BrN2O6S/c1-3-30-14-6-4-13(5-7-14)23-18(25)11-24-20(27)17(31-21(24)28)10-12-8-15(22)19(26)16(9-12)29-2/h4-10,26H,3,11H2,1-2H3,(H,23,25)/b17-10-. The van der Waals surface area contributed by atoms with Gasteiger partial charge >= 0.3 is 0 Å². The molecule has 3 amide bonds. The largest absolute Gasteiger partial charge is 0.503 e. The highest BCUT2D eigenvalue weighted by atomic mass is 79.9. The number of phenols is 1. The quantitative estimate of drug-likeness (QED) is 0.541. The fourth-order valence-electron chi connectivity index (χ4n) is 2.77. The van der Waals surface area contributed by atoms with Gasteiger partial charge in [0.15, 0.2) is 11.5 Å². The summed E-state index contributed by atoms with van der Waals surface area (Å²) in [6, 6.07) is 9.90. The van der Waals surface area contributed by atoms with Crippen LogP contribution < -0.4 is 14.8 Å². The summed E-state index contributed by atoms with van der Waals surface area (Å²) in [5, 5.41) is 12.0. The summed E-state index contributed by atoms with van der Waals surface area (Å²) >= 11 is 3.95. The number of hydrogen-bond acceptors (Lipinski definition) is 7. The molecule has 1 fully saturated rings. The zero-order chi connectivity index (χ0) is 22.5. The topological polar surface area (TPSA) is 105 Å². The van der Waals surface area contributed by atoms with Crippen LogP contribution in [0.15, 0.2) is 45.8 Å². The smallest absolute Gasteiger partial charge is 0.294 e. The van der Waals surface area contributed by atoms with Crippen molar-refractivity contribution in [1.29, 1.82) is 0 Å². The molecule has 10 heteroatoms. The number of anilines is 1. The van der Waals surface area contributed by atoms with Crippen molar-refractivity contribution >= 4 is 56.5 Å². The first kappa shape index (κ1) is 22.7. The minimum atomic E-state index is -0.569. The number of benzene rings is 2. The Morgan fingerprint density at radius 1 is 1.26 bits per heavy atom. The van der Waals surface area contributed by atoms with E-state index in [-0.39, 0.29) is 16.4 Å². The van der Waals surface area contributed by atoms with E-state index in [1.54, 1.807) is 30.3 Å². The molecule has 31 heavy (non-hydrogen) atoms. The fraction of sp³-hybridized carbons (Fsp3) is 0.190. The number of amides is 3. The first-order chi connectivity index (χ1) is 14.8. The van der Waals surface area contributed by atoms with Crippen LogP contribution in [0.3, 0.4) is 0 Å². The number of carbonyl (C=O) groups excluding carboxylic acids is 3. The second-order valence-corrected chi connectivity index (χ2v) is 8.17. The average molecular weight is 507 g/mol. The third kappa shape index (κ3) is 5.39. The molecule has 3 rings (SSSR count). The highest BCUT2D eigenvalue weighted by molar-refractivity contribution is 9.10. The van der Waals surface area contributed by atoms with Crippen molar-refractivity contribution in [3.05, 3.63) is 51.3 Å². The molecule has 8 nitrogen and oxygen atoms in total. The van der Waals surface area contributed by atoms with Gasteiger partial charge in [-0.1, -0.05) is 0 Å². The Morgan fingerprint density at radius 2 is 1.97 bits per heavy atom. The predicted molar refractivity (Wildman–Crippen MR) is 121 cm³/mol. The number of hydrogen-bond donors (Lipinski definition) is 2. The maximum absolute atomic E-state index is 12.7. The van der Waals surface area contributed by atoms with E-state index in [1.807, 2.05) is 6.92 Å². The number of aromatic hydroxyl groups is 1. The number of nitrogens with zero attached hydrogens (tertiary/aromatic N) is 1. The minimum absolute atomic E-state index is 0.0706. The van der Waals surface area contributed by atoms with E-state index >= 15 is 0 Å². The van der Waals surface area contributed by atoms with Gasteiger partial charge in [-0.2, -0.15) is 0 Å². The Kier molecular flexibility index (Phi) is 7.24. The van der Waals surface area contributed by atoms with Crippen LogP contribution in [0.1, 0.15) is 12.5 Å². The molecule has 162 valence electrons. The van der Waals surface area contributed by atoms with Crippen molar-refractivity contribution in [3.63, 3.8) is 0 Å². The summed E-state index contributed by atoms with van der Waals surface area (Å²) in [7, 11) is 1.40. The van der Waals surface area contributed by atoms with Crippen LogP contribution in [0.25, 0.3) is 6.08 Å². The highest BCUT2D eigenvalue weighted by Gasteiger charge is 2.36. The summed E-state index contributed by atoms with van der Waals surface area (Å²) in [5.74, 6) is -0.246. The van der Waals surface area contributed by atoms with Gasteiger partial charge in [0.05, 0.1) is 23.1 Å². The van der Waals surface area contributed by atoms with Crippen LogP contribution in [0.5, 0.6) is 17.2 Å². The van der Waals surface area contributed by atoms with Gasteiger partial charge in [-0.15, -0.1) is 0 Å². The van der Waals surface area contributed by atoms with E-state index in [9.17, 15) is 19.5 Å². The molecular weight excluding hydrogens is 488 g/mol. The van der Waals surface area contributed by atoms with E-state index in [0.29, 0.717) is 28.1 Å². The number of halogens is 1. The summed E-state index contributed by atoms with van der Waals surface area (Å²) in [4.78, 5) is 38.3. The SMILES string of the molecule is CCOc1ccc(NC(=O)CN2C(=O)S/C(=C\c3cc(Br)c(O)c(OC)c3)C2=O)cc1. The highest BCUT2D eigenvalue weighted by Crippen LogP contribution is 2.38. The third-order valence-corrected chi connectivity index (χ3v) is 5.70. The van der Waals surface area contributed by atoms with Gasteiger partial charge in [0.25, 0.3) is 11.1 Å². The second-order valence-electron chi connectivity index (χ2n) is 6.33. The zero-order valence-corrected chi connectivity index (χ0v) is 19.1. The van der Waals surface area contributed by atoms with Crippen LogP contribution in [0.4, 0.5) is 10.5 Å². The molecule has 0 bridgehead atoms. The number of thioether (sulfide) groups is 1. The summed E-state index contributed by atoms with van der Waals surface area (Å²) in [6.45, 7) is 2.00. The van der Waals surface area contributed by atoms with Crippen molar-refractivity contribution in [1.82, 2.24) is 4.90 Å². The molecule has 0 aliphatic carbocycles. The molecule has 0 saturated carbocycles. The Hall–Kier alpha value is -2.98. The number of nitrogens with one attached hydrogen (secondary N) is 1. The molecular formula is C21H19BrN2O6S. The maximum atomic E-state index is 12.7. The number of imide groups is 1. The molecule has 0 spiro atoms. The van der Waals surface area contributed by atoms with Gasteiger partial charge in [0, 0.05) is 5.69 Å². The third-order valence-electron chi connectivity index (χ3n) is 4.19. The summed E-state index contributed by atoms with van der Waals surface area (Å²) in [6.07, 6.45) is 1.50. The van der Waals surface area contributed by atoms with Crippen LogP contribution in [0, 0.1) is 0 Å². The van der Waals surface area contributed by atoms with E-state index in [1.165, 1.54) is 19.3 Å². The lowest BCUT2D eigenvalue weighted by Crippen LogP contribution is -2.36. The van der Waals surface area contributed by atoms with Gasteiger partial charge in [0.1, 0.15) is 12.3 Å². The Balaban J connectivity index is 1.69. The predicted octanol–water partition coefficient (Wildman–Crippen LogP) is 4.24. The molecule has 1 aliphatic heterocycles. The molecule has 1 saturated heterocycles. The lowest BCUT2D eigenvalue weighted by molar-refractivity contribution is -0.127. The molecule has 1 heterocycles. The normalized spacial score (nSPS) is 14.8. The number of phenolic OH excluding ortho intramolecular Hbond substituents is 1. The van der Waals surface area contributed by atoms with E-state index < -0.39 is 23.6 Å². The lowest BCUT2D eigenvalue weighted by atomic mass is 10.2. The fourth-order valence-corrected chi connectivity index (χ4v) is 4.06. The maximum Gasteiger partial charge on any atom is 0.294 e. The Bertz CT molecular complexity index is 1050. The van der Waals surface area contributed by atoms with E-state index in [2.05, 4.69) is 21.2 Å². The monoisotopic (exact) mass is 506 g/mol. The molecule has 0 aromatic heterocycles. The Labute approximate surface area is 191 Å². The summed E-state index contributed by atoms with van der Waals surface area (Å²) < 4.78 is 10.8. The van der Waals surface area contributed by atoms with Crippen LogP contribution in [-0.2, 0) is 9.59 Å². The number of ether oxygens (including phenoxy) is 2. The lowest BCUT2D eigenvalue weighted by Gasteiger charge is -2.13. The van der Waals surface area contributed by atoms with E-state index in [0.717, 1.165) is 16.7 Å². The van der Waals surface area contributed by atoms with Crippen LogP contribution in [0.2, 0.25) is 0 Å².